The molecule has 0 aromatic heterocycles. The summed E-state index contributed by atoms with van der Waals surface area (Å²) in [5.74, 6) is -0.0627. The largest absolute Gasteiger partial charge is 0.339 e. The molecule has 1 saturated heterocycles. The zero-order valence-corrected chi connectivity index (χ0v) is 14.6. The Morgan fingerprint density at radius 3 is 2.12 bits per heavy atom. The summed E-state index contributed by atoms with van der Waals surface area (Å²) in [7, 11) is -3.87. The minimum absolute atomic E-state index is 0.0627. The molecular weight excluding hydrogens is 358 g/mol. The molecular formula is C17H17N3O5S. The van der Waals surface area contributed by atoms with Crippen molar-refractivity contribution in [2.24, 2.45) is 0 Å². The summed E-state index contributed by atoms with van der Waals surface area (Å²) < 4.78 is 27.1. The molecule has 1 heterocycles. The van der Waals surface area contributed by atoms with Gasteiger partial charge in [-0.3, -0.25) is 19.6 Å². The zero-order valence-electron chi connectivity index (χ0n) is 13.8. The number of anilines is 1. The molecule has 1 aliphatic rings. The lowest BCUT2D eigenvalue weighted by Crippen LogP contribution is -2.27. The van der Waals surface area contributed by atoms with Crippen LogP contribution in [0, 0.1) is 10.1 Å². The van der Waals surface area contributed by atoms with Gasteiger partial charge in [0.2, 0.25) is 0 Å². The van der Waals surface area contributed by atoms with Gasteiger partial charge in [0.25, 0.3) is 21.6 Å². The van der Waals surface area contributed by atoms with E-state index in [9.17, 15) is 23.3 Å². The summed E-state index contributed by atoms with van der Waals surface area (Å²) in [5, 5.41) is 10.6. The molecule has 1 N–H and O–H groups in total. The highest BCUT2D eigenvalue weighted by Crippen LogP contribution is 2.20. The molecule has 0 saturated carbocycles. The van der Waals surface area contributed by atoms with Gasteiger partial charge in [0.1, 0.15) is 0 Å². The number of hydrogen-bond acceptors (Lipinski definition) is 5. The quantitative estimate of drug-likeness (QED) is 0.638. The predicted octanol–water partition coefficient (Wildman–Crippen LogP) is 2.63. The van der Waals surface area contributed by atoms with Gasteiger partial charge in [0.15, 0.2) is 0 Å². The van der Waals surface area contributed by atoms with Crippen LogP contribution in [0.3, 0.4) is 0 Å². The molecule has 2 aromatic carbocycles. The molecule has 136 valence electrons. The molecule has 0 atom stereocenters. The summed E-state index contributed by atoms with van der Waals surface area (Å²) in [5.41, 5.74) is 0.625. The standard InChI is InChI=1S/C17H17N3O5S/c21-17(19-11-1-2-12-19)13-3-5-14(6-4-13)18-26(24,25)16-9-7-15(8-10-16)20(22)23/h3-10,18H,1-2,11-12H2. The van der Waals surface area contributed by atoms with Crippen LogP contribution in [0.1, 0.15) is 23.2 Å². The van der Waals surface area contributed by atoms with Crippen LogP contribution in [0.4, 0.5) is 11.4 Å². The second kappa shape index (κ2) is 7.12. The first-order valence-electron chi connectivity index (χ1n) is 8.03. The normalized spacial score (nSPS) is 14.2. The molecule has 26 heavy (non-hydrogen) atoms. The van der Waals surface area contributed by atoms with Crippen LogP contribution in [0.25, 0.3) is 0 Å². The zero-order chi connectivity index (χ0) is 18.7. The fourth-order valence-corrected chi connectivity index (χ4v) is 3.80. The summed E-state index contributed by atoms with van der Waals surface area (Å²) in [4.78, 5) is 24.0. The van der Waals surface area contributed by atoms with E-state index in [-0.39, 0.29) is 16.5 Å². The molecule has 9 heteroatoms. The van der Waals surface area contributed by atoms with E-state index < -0.39 is 14.9 Å². The van der Waals surface area contributed by atoms with Crippen molar-refractivity contribution in [3.05, 3.63) is 64.2 Å². The van der Waals surface area contributed by atoms with Crippen molar-refractivity contribution in [2.45, 2.75) is 17.7 Å². The van der Waals surface area contributed by atoms with Gasteiger partial charge in [-0.25, -0.2) is 8.42 Å². The Morgan fingerprint density at radius 2 is 1.58 bits per heavy atom. The van der Waals surface area contributed by atoms with Gasteiger partial charge >= 0.3 is 0 Å². The van der Waals surface area contributed by atoms with Gasteiger partial charge < -0.3 is 4.90 Å². The minimum Gasteiger partial charge on any atom is -0.339 e. The predicted molar refractivity (Wildman–Crippen MR) is 95.5 cm³/mol. The lowest BCUT2D eigenvalue weighted by Gasteiger charge is -2.15. The number of carbonyl (C=O) groups is 1. The first-order valence-corrected chi connectivity index (χ1v) is 9.52. The van der Waals surface area contributed by atoms with Crippen LogP contribution in [-0.4, -0.2) is 37.2 Å². The van der Waals surface area contributed by atoms with Gasteiger partial charge in [-0.05, 0) is 49.2 Å². The fourth-order valence-electron chi connectivity index (χ4n) is 2.74. The molecule has 1 amide bonds. The van der Waals surface area contributed by atoms with E-state index in [1.807, 2.05) is 0 Å². The van der Waals surface area contributed by atoms with Crippen molar-refractivity contribution in [3.63, 3.8) is 0 Å². The molecule has 0 spiro atoms. The number of likely N-dealkylation sites (tertiary alicyclic amines) is 1. The Balaban J connectivity index is 1.73. The van der Waals surface area contributed by atoms with Crippen molar-refractivity contribution in [1.82, 2.24) is 4.90 Å². The van der Waals surface area contributed by atoms with Crippen LogP contribution >= 0.6 is 0 Å². The maximum atomic E-state index is 12.4. The van der Waals surface area contributed by atoms with E-state index in [4.69, 9.17) is 0 Å². The van der Waals surface area contributed by atoms with Crippen molar-refractivity contribution >= 4 is 27.3 Å². The number of rotatable bonds is 5. The summed E-state index contributed by atoms with van der Waals surface area (Å²) >= 11 is 0. The molecule has 0 aliphatic carbocycles. The number of non-ortho nitro benzene ring substituents is 1. The maximum absolute atomic E-state index is 12.4. The summed E-state index contributed by atoms with van der Waals surface area (Å²) in [6.07, 6.45) is 2.00. The Hall–Kier alpha value is -2.94. The molecule has 0 radical (unpaired) electrons. The topological polar surface area (TPSA) is 110 Å². The van der Waals surface area contributed by atoms with Gasteiger partial charge in [0.05, 0.1) is 9.82 Å². The first-order chi connectivity index (χ1) is 12.4. The number of benzene rings is 2. The molecule has 8 nitrogen and oxygen atoms in total. The van der Waals surface area contributed by atoms with Gasteiger partial charge in [-0.1, -0.05) is 0 Å². The number of sulfonamides is 1. The number of carbonyl (C=O) groups excluding carboxylic acids is 1. The van der Waals surface area contributed by atoms with E-state index in [2.05, 4.69) is 4.72 Å². The van der Waals surface area contributed by atoms with Crippen LogP contribution < -0.4 is 4.72 Å². The summed E-state index contributed by atoms with van der Waals surface area (Å²) in [6, 6.07) is 10.8. The highest BCUT2D eigenvalue weighted by molar-refractivity contribution is 7.92. The van der Waals surface area contributed by atoms with E-state index in [0.29, 0.717) is 11.3 Å². The third-order valence-corrected chi connectivity index (χ3v) is 5.53. The Labute approximate surface area is 150 Å². The summed E-state index contributed by atoms with van der Waals surface area (Å²) in [6.45, 7) is 1.49. The molecule has 0 bridgehead atoms. The average molecular weight is 375 g/mol. The van der Waals surface area contributed by atoms with Crippen molar-refractivity contribution in [3.8, 4) is 0 Å². The van der Waals surface area contributed by atoms with Crippen LogP contribution in [0.2, 0.25) is 0 Å². The van der Waals surface area contributed by atoms with Crippen LogP contribution in [0.15, 0.2) is 53.4 Å². The lowest BCUT2D eigenvalue weighted by atomic mass is 10.2. The van der Waals surface area contributed by atoms with E-state index >= 15 is 0 Å². The second-order valence-corrected chi connectivity index (χ2v) is 7.62. The minimum atomic E-state index is -3.87. The Morgan fingerprint density at radius 1 is 1.00 bits per heavy atom. The smallest absolute Gasteiger partial charge is 0.269 e. The Bertz CT molecular complexity index is 918. The lowest BCUT2D eigenvalue weighted by molar-refractivity contribution is -0.384. The molecule has 1 aliphatic heterocycles. The third-order valence-electron chi connectivity index (χ3n) is 4.14. The number of nitrogens with zero attached hydrogens (tertiary/aromatic N) is 2. The van der Waals surface area contributed by atoms with Gasteiger partial charge in [0, 0.05) is 36.5 Å². The number of nitrogens with one attached hydrogen (secondary N) is 1. The molecule has 1 fully saturated rings. The van der Waals surface area contributed by atoms with Gasteiger partial charge in [-0.2, -0.15) is 0 Å². The fraction of sp³-hybridized carbons (Fsp3) is 0.235. The van der Waals surface area contributed by atoms with Crippen molar-refractivity contribution in [2.75, 3.05) is 17.8 Å². The van der Waals surface area contributed by atoms with Gasteiger partial charge in [-0.15, -0.1) is 0 Å². The highest BCUT2D eigenvalue weighted by Gasteiger charge is 2.20. The van der Waals surface area contributed by atoms with Crippen molar-refractivity contribution in [1.29, 1.82) is 0 Å². The van der Waals surface area contributed by atoms with Crippen LogP contribution in [0.5, 0.6) is 0 Å². The average Bonchev–Trinajstić information content (AvgIpc) is 3.16. The van der Waals surface area contributed by atoms with E-state index in [0.717, 1.165) is 38.1 Å². The maximum Gasteiger partial charge on any atom is 0.269 e. The second-order valence-electron chi connectivity index (χ2n) is 5.93. The van der Waals surface area contributed by atoms with Crippen LogP contribution in [-0.2, 0) is 10.0 Å². The molecule has 3 rings (SSSR count). The number of nitro benzene ring substituents is 1. The number of amides is 1. The monoisotopic (exact) mass is 375 g/mol. The third kappa shape index (κ3) is 3.83. The first kappa shape index (κ1) is 17.9. The number of nitro groups is 1. The van der Waals surface area contributed by atoms with E-state index in [1.54, 1.807) is 17.0 Å². The SMILES string of the molecule is O=C(c1ccc(NS(=O)(=O)c2ccc([N+](=O)[O-])cc2)cc1)N1CCCC1. The van der Waals surface area contributed by atoms with Crippen molar-refractivity contribution < 1.29 is 18.1 Å². The van der Waals surface area contributed by atoms with E-state index in [1.165, 1.54) is 24.3 Å². The number of hydrogen-bond donors (Lipinski definition) is 1. The Kier molecular flexibility index (Phi) is 4.90. The highest BCUT2D eigenvalue weighted by atomic mass is 32.2. The molecule has 2 aromatic rings. The molecule has 0 unspecified atom stereocenters.